The van der Waals surface area contributed by atoms with Crippen molar-refractivity contribution in [1.29, 1.82) is 0 Å². The van der Waals surface area contributed by atoms with Gasteiger partial charge in [0.05, 0.1) is 22.3 Å². The number of carbonyl (C=O) groups excluding carboxylic acids is 2. The summed E-state index contributed by atoms with van der Waals surface area (Å²) in [4.78, 5) is 24.2. The molecule has 2 atom stereocenters. The minimum absolute atomic E-state index is 0.0157. The van der Waals surface area contributed by atoms with E-state index in [9.17, 15) is 27.9 Å². The molecule has 152 valence electrons. The summed E-state index contributed by atoms with van der Waals surface area (Å²) in [5.74, 6) is -0.424. The third-order valence-electron chi connectivity index (χ3n) is 6.41. The minimum Gasteiger partial charge on any atom is -0.390 e. The molecule has 0 aliphatic heterocycles. The van der Waals surface area contributed by atoms with E-state index in [4.69, 9.17) is 0 Å². The lowest BCUT2D eigenvalue weighted by Crippen LogP contribution is -2.59. The Morgan fingerprint density at radius 2 is 1.75 bits per heavy atom. The number of carbonyl (C=O) groups is 2. The van der Waals surface area contributed by atoms with Crippen molar-refractivity contribution in [3.63, 3.8) is 0 Å². The third kappa shape index (κ3) is 3.38. The summed E-state index contributed by atoms with van der Waals surface area (Å²) >= 11 is 0. The number of rotatable bonds is 3. The Morgan fingerprint density at radius 3 is 2.29 bits per heavy atom. The van der Waals surface area contributed by atoms with Crippen LogP contribution in [-0.4, -0.2) is 22.5 Å². The Morgan fingerprint density at radius 1 is 1.11 bits per heavy atom. The summed E-state index contributed by atoms with van der Waals surface area (Å²) in [5.41, 5.74) is -2.99. The van der Waals surface area contributed by atoms with Crippen molar-refractivity contribution in [2.75, 3.05) is 10.6 Å². The second-order valence-electron chi connectivity index (χ2n) is 8.86. The first-order valence-electron chi connectivity index (χ1n) is 9.51. The minimum atomic E-state index is -4.68. The zero-order chi connectivity index (χ0) is 20.3. The first-order chi connectivity index (χ1) is 13.0. The van der Waals surface area contributed by atoms with Gasteiger partial charge in [-0.25, -0.2) is 0 Å². The molecular weight excluding hydrogens is 373 g/mol. The Labute approximate surface area is 160 Å². The van der Waals surface area contributed by atoms with Crippen molar-refractivity contribution in [2.45, 2.75) is 57.2 Å². The number of hydrogen-bond acceptors (Lipinski definition) is 3. The monoisotopic (exact) mass is 396 g/mol. The van der Waals surface area contributed by atoms with Gasteiger partial charge in [-0.2, -0.15) is 13.2 Å². The molecule has 2 amide bonds. The van der Waals surface area contributed by atoms with Crippen molar-refractivity contribution in [1.82, 2.24) is 0 Å². The largest absolute Gasteiger partial charge is 0.418 e. The number of aliphatic hydroxyl groups is 1. The fraction of sp³-hybridized carbons (Fsp3) is 0.600. The molecule has 0 radical (unpaired) electrons. The third-order valence-corrected chi connectivity index (χ3v) is 6.41. The predicted molar refractivity (Wildman–Crippen MR) is 96.4 cm³/mol. The van der Waals surface area contributed by atoms with E-state index in [0.717, 1.165) is 12.5 Å². The van der Waals surface area contributed by atoms with E-state index in [-0.39, 0.29) is 23.2 Å². The summed E-state index contributed by atoms with van der Waals surface area (Å²) in [6.07, 6.45) is -0.807. The van der Waals surface area contributed by atoms with Gasteiger partial charge >= 0.3 is 6.18 Å². The highest BCUT2D eigenvalue weighted by Crippen LogP contribution is 2.62. The van der Waals surface area contributed by atoms with E-state index in [1.54, 1.807) is 0 Å². The van der Waals surface area contributed by atoms with Gasteiger partial charge in [-0.15, -0.1) is 0 Å². The zero-order valence-corrected chi connectivity index (χ0v) is 15.5. The Bertz CT molecular complexity index is 822. The fourth-order valence-corrected chi connectivity index (χ4v) is 5.90. The van der Waals surface area contributed by atoms with Crippen LogP contribution in [-0.2, 0) is 15.8 Å². The lowest BCUT2D eigenvalue weighted by Gasteiger charge is -2.59. The number of alkyl halides is 3. The SMILES string of the molecule is CC(=O)Nc1ccc(NC(=O)C23C[C@H]4C[C@@H](CC(O)(C4)C2)C3)c(C(F)(F)F)c1. The highest BCUT2D eigenvalue weighted by Gasteiger charge is 2.60. The summed E-state index contributed by atoms with van der Waals surface area (Å²) in [7, 11) is 0. The topological polar surface area (TPSA) is 78.4 Å². The quantitative estimate of drug-likeness (QED) is 0.724. The van der Waals surface area contributed by atoms with Crippen LogP contribution in [0.15, 0.2) is 18.2 Å². The number of anilines is 2. The molecule has 0 saturated heterocycles. The lowest BCUT2D eigenvalue weighted by molar-refractivity contribution is -0.174. The molecule has 4 aliphatic carbocycles. The maximum Gasteiger partial charge on any atom is 0.418 e. The van der Waals surface area contributed by atoms with Crippen LogP contribution in [0.25, 0.3) is 0 Å². The number of amides is 2. The molecule has 0 unspecified atom stereocenters. The van der Waals surface area contributed by atoms with Gasteiger partial charge in [0.15, 0.2) is 0 Å². The number of hydrogen-bond donors (Lipinski definition) is 3. The molecule has 1 aromatic rings. The van der Waals surface area contributed by atoms with Crippen molar-refractivity contribution in [3.05, 3.63) is 23.8 Å². The summed E-state index contributed by atoms with van der Waals surface area (Å²) in [6.45, 7) is 1.21. The summed E-state index contributed by atoms with van der Waals surface area (Å²) < 4.78 is 40.6. The maximum atomic E-state index is 13.5. The molecule has 4 saturated carbocycles. The molecule has 4 aliphatic rings. The lowest BCUT2D eigenvalue weighted by atomic mass is 9.47. The van der Waals surface area contributed by atoms with Crippen LogP contribution in [0.2, 0.25) is 0 Å². The van der Waals surface area contributed by atoms with E-state index >= 15 is 0 Å². The average Bonchev–Trinajstić information content (AvgIpc) is 2.52. The van der Waals surface area contributed by atoms with Gasteiger partial charge in [-0.05, 0) is 68.6 Å². The summed E-state index contributed by atoms with van der Waals surface area (Å²) in [6, 6.07) is 3.32. The van der Waals surface area contributed by atoms with E-state index in [1.165, 1.54) is 19.1 Å². The second kappa shape index (κ2) is 6.20. The molecule has 4 bridgehead atoms. The van der Waals surface area contributed by atoms with Crippen LogP contribution in [0.3, 0.4) is 0 Å². The van der Waals surface area contributed by atoms with E-state index in [1.807, 2.05) is 0 Å². The van der Waals surface area contributed by atoms with E-state index in [0.29, 0.717) is 32.1 Å². The average molecular weight is 396 g/mol. The van der Waals surface area contributed by atoms with Crippen LogP contribution >= 0.6 is 0 Å². The van der Waals surface area contributed by atoms with Crippen LogP contribution in [0.4, 0.5) is 24.5 Å². The molecule has 3 N–H and O–H groups in total. The Kier molecular flexibility index (Phi) is 4.26. The predicted octanol–water partition coefficient (Wildman–Crippen LogP) is 3.93. The molecule has 0 aromatic heterocycles. The first-order valence-corrected chi connectivity index (χ1v) is 9.51. The zero-order valence-electron chi connectivity index (χ0n) is 15.5. The molecular formula is C20H23F3N2O3. The van der Waals surface area contributed by atoms with Crippen LogP contribution < -0.4 is 10.6 Å². The van der Waals surface area contributed by atoms with Crippen LogP contribution in [0.5, 0.6) is 0 Å². The number of nitrogens with one attached hydrogen (secondary N) is 2. The molecule has 1 aromatic carbocycles. The molecule has 4 fully saturated rings. The van der Waals surface area contributed by atoms with Gasteiger partial charge in [0, 0.05) is 12.6 Å². The number of benzene rings is 1. The van der Waals surface area contributed by atoms with Gasteiger partial charge in [-0.1, -0.05) is 0 Å². The maximum absolute atomic E-state index is 13.5. The number of halogens is 3. The first kappa shape index (κ1) is 19.2. The smallest absolute Gasteiger partial charge is 0.390 e. The van der Waals surface area contributed by atoms with Crippen molar-refractivity contribution in [2.24, 2.45) is 17.3 Å². The van der Waals surface area contributed by atoms with E-state index < -0.39 is 34.6 Å². The van der Waals surface area contributed by atoms with Crippen LogP contribution in [0, 0.1) is 17.3 Å². The molecule has 5 nitrogen and oxygen atoms in total. The van der Waals surface area contributed by atoms with Crippen molar-refractivity contribution >= 4 is 23.2 Å². The Hall–Kier alpha value is -2.09. The van der Waals surface area contributed by atoms with Crippen LogP contribution in [0.1, 0.15) is 51.0 Å². The van der Waals surface area contributed by atoms with Crippen molar-refractivity contribution in [3.8, 4) is 0 Å². The highest BCUT2D eigenvalue weighted by atomic mass is 19.4. The highest BCUT2D eigenvalue weighted by molar-refractivity contribution is 5.97. The van der Waals surface area contributed by atoms with Crippen molar-refractivity contribution < 1.29 is 27.9 Å². The normalized spacial score (nSPS) is 33.6. The molecule has 8 heteroatoms. The van der Waals surface area contributed by atoms with Gasteiger partial charge in [0.25, 0.3) is 0 Å². The standard InChI is InChI=1S/C20H23F3N2O3/c1-11(26)24-14-2-3-16(15(5-14)20(21,22)23)25-17(27)18-6-12-4-13(7-18)9-19(28,8-12)10-18/h2-3,5,12-13,28H,4,6-10H2,1H3,(H,24,26)(H,25,27)/t12-,13-,18?,19?/m1/s1. The fourth-order valence-electron chi connectivity index (χ4n) is 5.90. The molecule has 28 heavy (non-hydrogen) atoms. The molecule has 0 spiro atoms. The molecule has 0 heterocycles. The van der Waals surface area contributed by atoms with Gasteiger partial charge in [0.2, 0.25) is 11.8 Å². The van der Waals surface area contributed by atoms with E-state index in [2.05, 4.69) is 10.6 Å². The van der Waals surface area contributed by atoms with Gasteiger partial charge < -0.3 is 15.7 Å². The molecule has 5 rings (SSSR count). The Balaban J connectivity index is 1.62. The van der Waals surface area contributed by atoms with Gasteiger partial charge in [-0.3, -0.25) is 9.59 Å². The van der Waals surface area contributed by atoms with Gasteiger partial charge in [0.1, 0.15) is 0 Å². The summed E-state index contributed by atoms with van der Waals surface area (Å²) in [5, 5.41) is 15.6. The second-order valence-corrected chi connectivity index (χ2v) is 8.86.